The highest BCUT2D eigenvalue weighted by Crippen LogP contribution is 2.32. The van der Waals surface area contributed by atoms with Crippen molar-refractivity contribution in [2.24, 2.45) is 5.73 Å². The van der Waals surface area contributed by atoms with Gasteiger partial charge in [0.05, 0.1) is 18.9 Å². The van der Waals surface area contributed by atoms with Gasteiger partial charge in [0.2, 0.25) is 0 Å². The Hall–Kier alpha value is -0.510. The maximum Gasteiger partial charge on any atom is 0.0876 e. The molecular weight excluding hydrogens is 289 g/mol. The number of halogens is 2. The smallest absolute Gasteiger partial charge is 0.0876 e. The van der Waals surface area contributed by atoms with Crippen molar-refractivity contribution in [2.45, 2.75) is 18.9 Å². The third-order valence-corrected chi connectivity index (χ3v) is 3.61. The van der Waals surface area contributed by atoms with Crippen molar-refractivity contribution in [1.82, 2.24) is 0 Å². The zero-order valence-electron chi connectivity index (χ0n) is 8.75. The molecule has 1 atom stereocenters. The number of hydrogen-bond donors (Lipinski definition) is 1. The Bertz CT molecular complexity index is 419. The van der Waals surface area contributed by atoms with Gasteiger partial charge in [-0.25, -0.2) is 0 Å². The van der Waals surface area contributed by atoms with Crippen LogP contribution in [0.15, 0.2) is 34.5 Å². The molecule has 4 heteroatoms. The molecule has 0 spiro atoms. The van der Waals surface area contributed by atoms with Crippen LogP contribution in [0.1, 0.15) is 24.4 Å². The second-order valence-corrected chi connectivity index (χ2v) is 5.10. The first-order chi connectivity index (χ1) is 7.68. The van der Waals surface area contributed by atoms with Crippen LogP contribution in [0.2, 0.25) is 5.02 Å². The summed E-state index contributed by atoms with van der Waals surface area (Å²) in [7, 11) is 0. The lowest BCUT2D eigenvalue weighted by Crippen LogP contribution is -2.16. The van der Waals surface area contributed by atoms with Crippen molar-refractivity contribution in [1.29, 1.82) is 0 Å². The van der Waals surface area contributed by atoms with Gasteiger partial charge in [0.15, 0.2) is 0 Å². The molecule has 0 saturated heterocycles. The second-order valence-electron chi connectivity index (χ2n) is 3.81. The SMILES string of the molecule is NC(C1=COCCC1)c1cc(Cl)ccc1Br. The molecule has 0 fully saturated rings. The number of nitrogens with two attached hydrogens (primary N) is 1. The minimum atomic E-state index is -0.145. The van der Waals surface area contributed by atoms with E-state index < -0.39 is 0 Å². The maximum atomic E-state index is 6.20. The van der Waals surface area contributed by atoms with Crippen LogP contribution < -0.4 is 5.73 Å². The predicted octanol–water partition coefficient (Wildman–Crippen LogP) is 3.80. The van der Waals surface area contributed by atoms with Gasteiger partial charge in [0.25, 0.3) is 0 Å². The van der Waals surface area contributed by atoms with Crippen molar-refractivity contribution in [3.8, 4) is 0 Å². The molecule has 0 amide bonds. The first-order valence-corrected chi connectivity index (χ1v) is 6.36. The van der Waals surface area contributed by atoms with Crippen LogP contribution in [-0.4, -0.2) is 6.61 Å². The van der Waals surface area contributed by atoms with Gasteiger partial charge in [-0.1, -0.05) is 27.5 Å². The lowest BCUT2D eigenvalue weighted by atomic mass is 9.96. The second kappa shape index (κ2) is 5.21. The molecule has 0 saturated carbocycles. The maximum absolute atomic E-state index is 6.20. The molecule has 1 unspecified atom stereocenters. The largest absolute Gasteiger partial charge is 0.501 e. The van der Waals surface area contributed by atoms with Crippen LogP contribution >= 0.6 is 27.5 Å². The fraction of sp³-hybridized carbons (Fsp3) is 0.333. The Morgan fingerprint density at radius 2 is 2.25 bits per heavy atom. The summed E-state index contributed by atoms with van der Waals surface area (Å²) in [5.41, 5.74) is 8.33. The number of hydrogen-bond acceptors (Lipinski definition) is 2. The predicted molar refractivity (Wildman–Crippen MR) is 69.3 cm³/mol. The first-order valence-electron chi connectivity index (χ1n) is 5.19. The van der Waals surface area contributed by atoms with E-state index in [4.69, 9.17) is 22.1 Å². The molecule has 1 heterocycles. The molecule has 0 aromatic heterocycles. The lowest BCUT2D eigenvalue weighted by Gasteiger charge is -2.21. The van der Waals surface area contributed by atoms with E-state index in [0.717, 1.165) is 35.1 Å². The fourth-order valence-corrected chi connectivity index (χ4v) is 2.44. The topological polar surface area (TPSA) is 35.2 Å². The van der Waals surface area contributed by atoms with E-state index in [1.54, 1.807) is 6.26 Å². The third-order valence-electron chi connectivity index (χ3n) is 2.65. The van der Waals surface area contributed by atoms with Crippen LogP contribution in [-0.2, 0) is 4.74 Å². The number of rotatable bonds is 2. The summed E-state index contributed by atoms with van der Waals surface area (Å²) in [6.07, 6.45) is 3.79. The lowest BCUT2D eigenvalue weighted by molar-refractivity contribution is 0.221. The van der Waals surface area contributed by atoms with E-state index >= 15 is 0 Å². The average Bonchev–Trinajstić information content (AvgIpc) is 2.32. The van der Waals surface area contributed by atoms with Gasteiger partial charge in [-0.2, -0.15) is 0 Å². The van der Waals surface area contributed by atoms with E-state index in [1.165, 1.54) is 0 Å². The van der Waals surface area contributed by atoms with Crippen molar-refractivity contribution >= 4 is 27.5 Å². The summed E-state index contributed by atoms with van der Waals surface area (Å²) in [6.45, 7) is 0.785. The average molecular weight is 303 g/mol. The summed E-state index contributed by atoms with van der Waals surface area (Å²) in [4.78, 5) is 0. The zero-order valence-corrected chi connectivity index (χ0v) is 11.1. The highest BCUT2D eigenvalue weighted by molar-refractivity contribution is 9.10. The van der Waals surface area contributed by atoms with Gasteiger partial charge < -0.3 is 10.5 Å². The van der Waals surface area contributed by atoms with Crippen molar-refractivity contribution in [2.75, 3.05) is 6.61 Å². The molecule has 1 aliphatic heterocycles. The van der Waals surface area contributed by atoms with Crippen molar-refractivity contribution < 1.29 is 4.74 Å². The van der Waals surface area contributed by atoms with E-state index in [-0.39, 0.29) is 6.04 Å². The highest BCUT2D eigenvalue weighted by Gasteiger charge is 2.17. The van der Waals surface area contributed by atoms with Crippen LogP contribution in [0.4, 0.5) is 0 Å². The molecular formula is C12H13BrClNO. The van der Waals surface area contributed by atoms with E-state index in [1.807, 2.05) is 18.2 Å². The molecule has 86 valence electrons. The zero-order chi connectivity index (χ0) is 11.5. The minimum Gasteiger partial charge on any atom is -0.501 e. The van der Waals surface area contributed by atoms with E-state index in [9.17, 15) is 0 Å². The Labute approximate surface area is 109 Å². The van der Waals surface area contributed by atoms with Crippen LogP contribution in [0, 0.1) is 0 Å². The highest BCUT2D eigenvalue weighted by atomic mass is 79.9. The molecule has 1 aromatic carbocycles. The van der Waals surface area contributed by atoms with Gasteiger partial charge in [-0.15, -0.1) is 0 Å². The van der Waals surface area contributed by atoms with E-state index in [0.29, 0.717) is 5.02 Å². The van der Waals surface area contributed by atoms with Crippen molar-refractivity contribution in [3.05, 3.63) is 45.1 Å². The molecule has 2 nitrogen and oxygen atoms in total. The Morgan fingerprint density at radius 1 is 1.44 bits per heavy atom. The summed E-state index contributed by atoms with van der Waals surface area (Å²) >= 11 is 9.46. The molecule has 16 heavy (non-hydrogen) atoms. The van der Waals surface area contributed by atoms with Gasteiger partial charge in [-0.05, 0) is 42.2 Å². The summed E-state index contributed by atoms with van der Waals surface area (Å²) < 4.78 is 6.29. The molecule has 2 N–H and O–H groups in total. The molecule has 0 bridgehead atoms. The number of benzene rings is 1. The molecule has 2 rings (SSSR count). The summed E-state index contributed by atoms with van der Waals surface area (Å²) in [5.74, 6) is 0. The quantitative estimate of drug-likeness (QED) is 0.902. The Kier molecular flexibility index (Phi) is 3.90. The van der Waals surface area contributed by atoms with Gasteiger partial charge in [0, 0.05) is 9.50 Å². The minimum absolute atomic E-state index is 0.145. The first kappa shape index (κ1) is 12.0. The standard InChI is InChI=1S/C12H13BrClNO/c13-11-4-3-9(14)6-10(11)12(15)8-2-1-5-16-7-8/h3-4,6-7,12H,1-2,5,15H2. The van der Waals surface area contributed by atoms with E-state index in [2.05, 4.69) is 15.9 Å². The molecule has 0 radical (unpaired) electrons. The summed E-state index contributed by atoms with van der Waals surface area (Å²) in [5, 5.41) is 0.700. The fourth-order valence-electron chi connectivity index (χ4n) is 1.77. The summed E-state index contributed by atoms with van der Waals surface area (Å²) in [6, 6.07) is 5.51. The van der Waals surface area contributed by atoms with Crippen molar-refractivity contribution in [3.63, 3.8) is 0 Å². The molecule has 1 aromatic rings. The normalized spacial score (nSPS) is 17.6. The van der Waals surface area contributed by atoms with Gasteiger partial charge in [-0.3, -0.25) is 0 Å². The monoisotopic (exact) mass is 301 g/mol. The van der Waals surface area contributed by atoms with Crippen LogP contribution in [0.3, 0.4) is 0 Å². The van der Waals surface area contributed by atoms with Gasteiger partial charge in [0.1, 0.15) is 0 Å². The molecule has 0 aliphatic carbocycles. The Balaban J connectivity index is 2.29. The Morgan fingerprint density at radius 3 is 2.94 bits per heavy atom. The van der Waals surface area contributed by atoms with Crippen LogP contribution in [0.5, 0.6) is 0 Å². The van der Waals surface area contributed by atoms with Gasteiger partial charge >= 0.3 is 0 Å². The number of ether oxygens (including phenoxy) is 1. The van der Waals surface area contributed by atoms with Crippen LogP contribution in [0.25, 0.3) is 0 Å². The third kappa shape index (κ3) is 2.59. The molecule has 1 aliphatic rings.